The van der Waals surface area contributed by atoms with Gasteiger partial charge >= 0.3 is 5.97 Å². The third kappa shape index (κ3) is 3.99. The van der Waals surface area contributed by atoms with Crippen molar-refractivity contribution in [2.75, 3.05) is 20.3 Å². The van der Waals surface area contributed by atoms with E-state index in [1.165, 1.54) is 13.4 Å². The predicted molar refractivity (Wildman–Crippen MR) is 113 cm³/mol. The van der Waals surface area contributed by atoms with Gasteiger partial charge < -0.3 is 54.0 Å². The van der Waals surface area contributed by atoms with E-state index in [-0.39, 0.29) is 0 Å². The monoisotopic (exact) mass is 496 g/mol. The van der Waals surface area contributed by atoms with Crippen LogP contribution in [0.5, 0.6) is 5.75 Å². The number of carbonyl (C=O) groups excluding carboxylic acids is 1. The minimum Gasteiger partial charge on any atom is -0.497 e. The molecule has 11 atom stereocenters. The zero-order valence-electron chi connectivity index (χ0n) is 18.7. The highest BCUT2D eigenvalue weighted by molar-refractivity contribution is 5.89. The SMILES string of the molecule is COc1ccc(C(=O)O[C@H]2[C@@H]3C=CO[C@@H](O[C@@H]4O[C@H](CO)[C@@H](O)[C@H](O)[C@H]4O)[C@@H]3[C@@]3(CO)O[C@@H]23)cc1. The van der Waals surface area contributed by atoms with Crippen molar-refractivity contribution in [1.29, 1.82) is 0 Å². The summed E-state index contributed by atoms with van der Waals surface area (Å²) in [7, 11) is 1.52. The van der Waals surface area contributed by atoms with Crippen LogP contribution in [0.1, 0.15) is 10.4 Å². The molecule has 4 aliphatic rings. The van der Waals surface area contributed by atoms with Gasteiger partial charge in [-0.1, -0.05) is 0 Å². The number of benzene rings is 1. The van der Waals surface area contributed by atoms with Gasteiger partial charge in [-0.2, -0.15) is 0 Å². The Kier molecular flexibility index (Phi) is 6.48. The van der Waals surface area contributed by atoms with Crippen LogP contribution in [0, 0.1) is 11.8 Å². The second-order valence-electron chi connectivity index (χ2n) is 9.02. The van der Waals surface area contributed by atoms with E-state index in [1.54, 1.807) is 30.3 Å². The van der Waals surface area contributed by atoms with Crippen LogP contribution in [0.25, 0.3) is 0 Å². The summed E-state index contributed by atoms with van der Waals surface area (Å²) < 4.78 is 33.6. The van der Waals surface area contributed by atoms with E-state index in [1.807, 2.05) is 0 Å². The highest BCUT2D eigenvalue weighted by atomic mass is 16.8. The summed E-state index contributed by atoms with van der Waals surface area (Å²) in [4.78, 5) is 12.8. The first-order valence-corrected chi connectivity index (χ1v) is 11.3. The third-order valence-corrected chi connectivity index (χ3v) is 7.17. The molecule has 2 saturated heterocycles. The van der Waals surface area contributed by atoms with E-state index < -0.39 is 85.8 Å². The highest BCUT2D eigenvalue weighted by Gasteiger charge is 2.77. The number of fused-ring (bicyclic) bond motifs is 3. The largest absolute Gasteiger partial charge is 0.497 e. The van der Waals surface area contributed by atoms with Gasteiger partial charge in [0.15, 0.2) is 6.29 Å². The average Bonchev–Trinajstić information content (AvgIpc) is 3.56. The van der Waals surface area contributed by atoms with Gasteiger partial charge in [-0.05, 0) is 30.3 Å². The molecule has 35 heavy (non-hydrogen) atoms. The maximum absolute atomic E-state index is 12.8. The molecule has 0 aromatic heterocycles. The Bertz CT molecular complexity index is 950. The first-order chi connectivity index (χ1) is 16.8. The fourth-order valence-electron chi connectivity index (χ4n) is 5.21. The van der Waals surface area contributed by atoms with Crippen LogP contribution in [0.3, 0.4) is 0 Å². The standard InChI is InChI=1S/C23H28O12/c1-30-11-4-2-10(3-5-11)20(29)33-18-12-6-7-31-21(14(12)23(9-25)19(18)35-23)34-22-17(28)16(27)15(26)13(8-24)32-22/h2-7,12-19,21-22,24-28H,8-9H2,1H3/t12-,13-,14-,15-,16+,17-,18+,19+,21+,22+,23-/m1/s1. The Labute approximate surface area is 200 Å². The number of esters is 1. The van der Waals surface area contributed by atoms with Crippen LogP contribution in [0.15, 0.2) is 36.6 Å². The van der Waals surface area contributed by atoms with Crippen molar-refractivity contribution in [2.24, 2.45) is 11.8 Å². The third-order valence-electron chi connectivity index (χ3n) is 7.17. The Morgan fingerprint density at radius 3 is 2.46 bits per heavy atom. The van der Waals surface area contributed by atoms with E-state index in [4.69, 9.17) is 28.4 Å². The molecule has 1 aromatic rings. The molecule has 3 aliphatic heterocycles. The number of aliphatic hydroxyl groups excluding tert-OH is 5. The zero-order valence-corrected chi connectivity index (χ0v) is 18.7. The molecule has 1 aliphatic carbocycles. The van der Waals surface area contributed by atoms with Crippen LogP contribution >= 0.6 is 0 Å². The van der Waals surface area contributed by atoms with E-state index in [0.717, 1.165) is 0 Å². The number of aliphatic hydroxyl groups is 5. The molecule has 1 saturated carbocycles. The molecular formula is C23H28O12. The lowest BCUT2D eigenvalue weighted by Gasteiger charge is -2.43. The summed E-state index contributed by atoms with van der Waals surface area (Å²) in [5.74, 6) is -1.09. The molecular weight excluding hydrogens is 468 g/mol. The quantitative estimate of drug-likeness (QED) is 0.214. The van der Waals surface area contributed by atoms with Crippen molar-refractivity contribution in [3.05, 3.63) is 42.2 Å². The molecule has 1 aromatic carbocycles. The maximum Gasteiger partial charge on any atom is 0.338 e. The first kappa shape index (κ1) is 24.4. The van der Waals surface area contributed by atoms with E-state index >= 15 is 0 Å². The number of rotatable bonds is 7. The van der Waals surface area contributed by atoms with Crippen molar-refractivity contribution in [3.8, 4) is 5.75 Å². The average molecular weight is 496 g/mol. The normalized spacial score (nSPS) is 43.6. The molecule has 0 spiro atoms. The van der Waals surface area contributed by atoms with Gasteiger partial charge in [-0.25, -0.2) is 4.79 Å². The number of hydrogen-bond acceptors (Lipinski definition) is 12. The number of ether oxygens (including phenoxy) is 6. The molecule has 0 radical (unpaired) electrons. The molecule has 0 unspecified atom stereocenters. The maximum atomic E-state index is 12.8. The van der Waals surface area contributed by atoms with Crippen molar-refractivity contribution in [2.45, 2.75) is 54.8 Å². The Morgan fingerprint density at radius 1 is 1.06 bits per heavy atom. The number of epoxide rings is 1. The zero-order chi connectivity index (χ0) is 24.9. The van der Waals surface area contributed by atoms with Crippen molar-refractivity contribution in [3.63, 3.8) is 0 Å². The van der Waals surface area contributed by atoms with Crippen LogP contribution < -0.4 is 4.74 Å². The molecule has 192 valence electrons. The Balaban J connectivity index is 1.33. The minimum atomic E-state index is -1.63. The van der Waals surface area contributed by atoms with Crippen LogP contribution in [-0.4, -0.2) is 107 Å². The summed E-state index contributed by atoms with van der Waals surface area (Å²) in [6, 6.07) is 6.42. The van der Waals surface area contributed by atoms with Crippen molar-refractivity contribution in [1.82, 2.24) is 0 Å². The molecule has 3 fully saturated rings. The summed E-state index contributed by atoms with van der Waals surface area (Å²) >= 11 is 0. The lowest BCUT2D eigenvalue weighted by atomic mass is 9.85. The molecule has 12 nitrogen and oxygen atoms in total. The number of hydrogen-bond donors (Lipinski definition) is 5. The Hall–Kier alpha value is -2.29. The fourth-order valence-corrected chi connectivity index (χ4v) is 5.21. The fraction of sp³-hybridized carbons (Fsp3) is 0.609. The van der Waals surface area contributed by atoms with Crippen LogP contribution in [0.2, 0.25) is 0 Å². The van der Waals surface area contributed by atoms with Crippen LogP contribution in [-0.2, 0) is 23.7 Å². The number of carbonyl (C=O) groups is 1. The smallest absolute Gasteiger partial charge is 0.338 e. The van der Waals surface area contributed by atoms with Crippen molar-refractivity contribution >= 4 is 5.97 Å². The molecule has 5 rings (SSSR count). The summed E-state index contributed by atoms with van der Waals surface area (Å²) in [5, 5.41) is 50.0. The van der Waals surface area contributed by atoms with Gasteiger partial charge in [0.1, 0.15) is 48.0 Å². The summed E-state index contributed by atoms with van der Waals surface area (Å²) in [6.45, 7) is -1.02. The minimum absolute atomic E-state index is 0.314. The van der Waals surface area contributed by atoms with E-state index in [2.05, 4.69) is 0 Å². The Morgan fingerprint density at radius 2 is 1.80 bits per heavy atom. The highest BCUT2D eigenvalue weighted by Crippen LogP contribution is 2.60. The molecule has 12 heteroatoms. The second kappa shape index (κ2) is 9.30. The lowest BCUT2D eigenvalue weighted by molar-refractivity contribution is -0.344. The van der Waals surface area contributed by atoms with Crippen molar-refractivity contribution < 1.29 is 58.7 Å². The molecule has 5 N–H and O–H groups in total. The molecule has 3 heterocycles. The topological polar surface area (TPSA) is 177 Å². The van der Waals surface area contributed by atoms with Gasteiger partial charge in [0, 0.05) is 5.92 Å². The van der Waals surface area contributed by atoms with Gasteiger partial charge in [0.25, 0.3) is 0 Å². The van der Waals surface area contributed by atoms with Gasteiger partial charge in [0.2, 0.25) is 6.29 Å². The predicted octanol–water partition coefficient (Wildman–Crippen LogP) is -1.72. The van der Waals surface area contributed by atoms with E-state index in [9.17, 15) is 30.3 Å². The van der Waals surface area contributed by atoms with Gasteiger partial charge in [-0.15, -0.1) is 0 Å². The second-order valence-corrected chi connectivity index (χ2v) is 9.02. The first-order valence-electron chi connectivity index (χ1n) is 11.3. The lowest BCUT2D eigenvalue weighted by Crippen LogP contribution is -2.60. The van der Waals surface area contributed by atoms with Gasteiger partial charge in [-0.3, -0.25) is 0 Å². The summed E-state index contributed by atoms with van der Waals surface area (Å²) in [5.41, 5.74) is -0.798. The molecule has 0 amide bonds. The van der Waals surface area contributed by atoms with Gasteiger partial charge in [0.05, 0.1) is 38.1 Å². The number of methoxy groups -OCH3 is 1. The van der Waals surface area contributed by atoms with Crippen LogP contribution in [0.4, 0.5) is 0 Å². The molecule has 0 bridgehead atoms. The summed E-state index contributed by atoms with van der Waals surface area (Å²) in [6.07, 6.45) is -6.83. The van der Waals surface area contributed by atoms with E-state index in [0.29, 0.717) is 11.3 Å².